The minimum Gasteiger partial charge on any atom is -0.497 e. The minimum absolute atomic E-state index is 0.0152. The molecule has 0 radical (unpaired) electrons. The van der Waals surface area contributed by atoms with E-state index in [9.17, 15) is 22.4 Å². The van der Waals surface area contributed by atoms with Gasteiger partial charge in [-0.15, -0.1) is 0 Å². The van der Waals surface area contributed by atoms with Gasteiger partial charge in [-0.05, 0) is 66.9 Å². The Labute approximate surface area is 229 Å². The quantitative estimate of drug-likeness (QED) is 0.361. The van der Waals surface area contributed by atoms with Crippen LogP contribution in [0.4, 0.5) is 10.1 Å². The molecule has 0 heterocycles. The van der Waals surface area contributed by atoms with Gasteiger partial charge in [-0.2, -0.15) is 0 Å². The summed E-state index contributed by atoms with van der Waals surface area (Å²) >= 11 is 0. The molecule has 0 spiro atoms. The summed E-state index contributed by atoms with van der Waals surface area (Å²) in [4.78, 5) is 28.1. The highest BCUT2D eigenvalue weighted by Crippen LogP contribution is 2.26. The van der Waals surface area contributed by atoms with Crippen LogP contribution in [-0.4, -0.2) is 51.4 Å². The molecular formula is C29H34FN3O5S. The lowest BCUT2D eigenvalue weighted by molar-refractivity contribution is -0.139. The maximum atomic E-state index is 13.8. The van der Waals surface area contributed by atoms with Crippen LogP contribution in [0.1, 0.15) is 26.3 Å². The van der Waals surface area contributed by atoms with E-state index in [2.05, 4.69) is 5.32 Å². The third kappa shape index (κ3) is 7.79. The molecule has 2 amide bonds. The molecule has 3 aromatic rings. The van der Waals surface area contributed by atoms with Crippen LogP contribution in [0.25, 0.3) is 0 Å². The van der Waals surface area contributed by atoms with Crippen molar-refractivity contribution in [2.75, 3.05) is 24.5 Å². The summed E-state index contributed by atoms with van der Waals surface area (Å²) in [5.74, 6) is -0.679. The van der Waals surface area contributed by atoms with Crippen molar-refractivity contribution in [2.45, 2.75) is 38.3 Å². The maximum absolute atomic E-state index is 13.8. The molecule has 0 aliphatic carbocycles. The van der Waals surface area contributed by atoms with Crippen molar-refractivity contribution in [3.05, 3.63) is 90.2 Å². The van der Waals surface area contributed by atoms with Crippen LogP contribution in [0.15, 0.2) is 83.8 Å². The highest BCUT2D eigenvalue weighted by molar-refractivity contribution is 7.92. The zero-order chi connectivity index (χ0) is 28.6. The number of nitrogens with zero attached hydrogens (tertiary/aromatic N) is 2. The van der Waals surface area contributed by atoms with E-state index in [0.29, 0.717) is 17.9 Å². The minimum atomic E-state index is -4.15. The highest BCUT2D eigenvalue weighted by Gasteiger charge is 2.32. The van der Waals surface area contributed by atoms with Gasteiger partial charge in [0, 0.05) is 13.1 Å². The van der Waals surface area contributed by atoms with Gasteiger partial charge in [0.1, 0.15) is 24.2 Å². The summed E-state index contributed by atoms with van der Waals surface area (Å²) in [6, 6.07) is 18.8. The molecule has 1 atom stereocenters. The molecule has 0 saturated carbocycles. The van der Waals surface area contributed by atoms with Crippen LogP contribution < -0.4 is 14.4 Å². The second kappa shape index (κ2) is 13.2. The topological polar surface area (TPSA) is 96.0 Å². The number of anilines is 1. The second-order valence-corrected chi connectivity index (χ2v) is 11.3. The van der Waals surface area contributed by atoms with Crippen molar-refractivity contribution in [1.82, 2.24) is 10.2 Å². The number of hydrogen-bond donors (Lipinski definition) is 1. The third-order valence-corrected chi connectivity index (χ3v) is 7.88. The first-order valence-electron chi connectivity index (χ1n) is 12.6. The number of sulfonamides is 1. The lowest BCUT2D eigenvalue weighted by atomic mass is 10.1. The van der Waals surface area contributed by atoms with Crippen LogP contribution in [0.3, 0.4) is 0 Å². The molecule has 0 bridgehead atoms. The maximum Gasteiger partial charge on any atom is 0.264 e. The van der Waals surface area contributed by atoms with Crippen molar-refractivity contribution >= 4 is 27.5 Å². The molecule has 1 N–H and O–H groups in total. The highest BCUT2D eigenvalue weighted by atomic mass is 32.2. The standard InChI is InChI=1S/C29H34FN3O5S/c1-21(2)18-31-29(35)22(3)32(19-23-10-12-24(30)13-11-23)28(34)20-33(25-14-16-26(38-4)17-15-25)39(36,37)27-8-6-5-7-9-27/h5-17,21-22H,18-20H2,1-4H3,(H,31,35)/t22-/m0/s1. The zero-order valence-corrected chi connectivity index (χ0v) is 23.3. The molecule has 8 nitrogen and oxygen atoms in total. The molecule has 0 aliphatic rings. The Morgan fingerprint density at radius 1 is 0.923 bits per heavy atom. The molecule has 0 fully saturated rings. The average Bonchev–Trinajstić information content (AvgIpc) is 2.94. The molecule has 208 valence electrons. The fraction of sp³-hybridized carbons (Fsp3) is 0.310. The van der Waals surface area contributed by atoms with E-state index >= 15 is 0 Å². The number of amides is 2. The Hall–Kier alpha value is -3.92. The number of hydrogen-bond acceptors (Lipinski definition) is 5. The van der Waals surface area contributed by atoms with Crippen molar-refractivity contribution in [2.24, 2.45) is 5.92 Å². The zero-order valence-electron chi connectivity index (χ0n) is 22.5. The first-order chi connectivity index (χ1) is 18.5. The van der Waals surface area contributed by atoms with Crippen LogP contribution >= 0.6 is 0 Å². The molecule has 10 heteroatoms. The molecule has 3 aromatic carbocycles. The fourth-order valence-electron chi connectivity index (χ4n) is 3.82. The van der Waals surface area contributed by atoms with Gasteiger partial charge in [0.05, 0.1) is 17.7 Å². The van der Waals surface area contributed by atoms with Crippen molar-refractivity contribution in [3.63, 3.8) is 0 Å². The number of rotatable bonds is 12. The predicted octanol–water partition coefficient (Wildman–Crippen LogP) is 4.22. The number of methoxy groups -OCH3 is 1. The molecular weight excluding hydrogens is 521 g/mol. The van der Waals surface area contributed by atoms with Crippen molar-refractivity contribution in [1.29, 1.82) is 0 Å². The number of ether oxygens (including phenoxy) is 1. The van der Waals surface area contributed by atoms with E-state index in [1.165, 1.54) is 48.4 Å². The normalized spacial score (nSPS) is 12.1. The Kier molecular flexibility index (Phi) is 10.1. The number of halogens is 1. The summed E-state index contributed by atoms with van der Waals surface area (Å²) in [6.07, 6.45) is 0. The summed E-state index contributed by atoms with van der Waals surface area (Å²) in [6.45, 7) is 5.33. The Morgan fingerprint density at radius 2 is 1.54 bits per heavy atom. The van der Waals surface area contributed by atoms with Gasteiger partial charge in [-0.3, -0.25) is 13.9 Å². The van der Waals surface area contributed by atoms with E-state index < -0.39 is 34.3 Å². The van der Waals surface area contributed by atoms with Gasteiger partial charge < -0.3 is 15.0 Å². The van der Waals surface area contributed by atoms with Crippen LogP contribution in [0.5, 0.6) is 5.75 Å². The lowest BCUT2D eigenvalue weighted by Gasteiger charge is -2.32. The van der Waals surface area contributed by atoms with E-state index in [1.807, 2.05) is 13.8 Å². The van der Waals surface area contributed by atoms with E-state index in [1.54, 1.807) is 49.4 Å². The first kappa shape index (κ1) is 29.6. The largest absolute Gasteiger partial charge is 0.497 e. The van der Waals surface area contributed by atoms with Gasteiger partial charge in [0.15, 0.2) is 0 Å². The van der Waals surface area contributed by atoms with Crippen LogP contribution in [0, 0.1) is 11.7 Å². The van der Waals surface area contributed by atoms with Gasteiger partial charge in [0.25, 0.3) is 10.0 Å². The molecule has 0 unspecified atom stereocenters. The van der Waals surface area contributed by atoms with Crippen molar-refractivity contribution in [3.8, 4) is 5.75 Å². The molecule has 3 rings (SSSR count). The molecule has 0 aliphatic heterocycles. The van der Waals surface area contributed by atoms with Crippen molar-refractivity contribution < 1.29 is 27.1 Å². The second-order valence-electron chi connectivity index (χ2n) is 9.49. The van der Waals surface area contributed by atoms with E-state index in [4.69, 9.17) is 4.74 Å². The summed E-state index contributed by atoms with van der Waals surface area (Å²) in [5, 5.41) is 2.83. The Balaban J connectivity index is 1.99. The van der Waals surface area contributed by atoms with Gasteiger partial charge in [-0.1, -0.05) is 44.2 Å². The van der Waals surface area contributed by atoms with Gasteiger partial charge in [0.2, 0.25) is 11.8 Å². The monoisotopic (exact) mass is 555 g/mol. The molecule has 39 heavy (non-hydrogen) atoms. The van der Waals surface area contributed by atoms with Crippen LogP contribution in [-0.2, 0) is 26.2 Å². The fourth-order valence-corrected chi connectivity index (χ4v) is 5.25. The number of benzene rings is 3. The third-order valence-electron chi connectivity index (χ3n) is 6.09. The summed E-state index contributed by atoms with van der Waals surface area (Å²) in [7, 11) is -2.66. The Morgan fingerprint density at radius 3 is 2.10 bits per heavy atom. The van der Waals surface area contributed by atoms with E-state index in [-0.39, 0.29) is 29.0 Å². The first-order valence-corrected chi connectivity index (χ1v) is 14.0. The van der Waals surface area contributed by atoms with E-state index in [0.717, 1.165) is 4.31 Å². The molecule has 0 saturated heterocycles. The lowest BCUT2D eigenvalue weighted by Crippen LogP contribution is -2.51. The molecule has 0 aromatic heterocycles. The number of carbonyl (C=O) groups excluding carboxylic acids is 2. The number of nitrogens with one attached hydrogen (secondary N) is 1. The smallest absolute Gasteiger partial charge is 0.264 e. The predicted molar refractivity (Wildman–Crippen MR) is 148 cm³/mol. The SMILES string of the molecule is COc1ccc(N(CC(=O)N(Cc2ccc(F)cc2)[C@@H](C)C(=O)NCC(C)C)S(=O)(=O)c2ccccc2)cc1. The Bertz CT molecular complexity index is 1350. The van der Waals surface area contributed by atoms with Gasteiger partial charge in [-0.25, -0.2) is 12.8 Å². The van der Waals surface area contributed by atoms with Crippen LogP contribution in [0.2, 0.25) is 0 Å². The van der Waals surface area contributed by atoms with Gasteiger partial charge >= 0.3 is 0 Å². The number of carbonyl (C=O) groups is 2. The average molecular weight is 556 g/mol. The summed E-state index contributed by atoms with van der Waals surface area (Å²) in [5.41, 5.74) is 0.849. The summed E-state index contributed by atoms with van der Waals surface area (Å²) < 4.78 is 47.2.